The quantitative estimate of drug-likeness (QED) is 0.551. The lowest BCUT2D eigenvalue weighted by atomic mass is 9.76. The molecule has 2 aromatic carbocycles. The van der Waals surface area contributed by atoms with Gasteiger partial charge >= 0.3 is 5.97 Å². The monoisotopic (exact) mass is 440 g/mol. The number of rotatable bonds is 6. The van der Waals surface area contributed by atoms with E-state index in [9.17, 15) is 14.4 Å². The first kappa shape index (κ1) is 21.5. The predicted molar refractivity (Wildman–Crippen MR) is 116 cm³/mol. The fourth-order valence-corrected chi connectivity index (χ4v) is 5.06. The molecule has 4 rings (SSSR count). The number of nitrogens with zero attached hydrogens (tertiary/aromatic N) is 1. The van der Waals surface area contributed by atoms with Crippen molar-refractivity contribution in [2.45, 2.75) is 31.8 Å². The predicted octanol–water partition coefficient (Wildman–Crippen LogP) is 3.15. The van der Waals surface area contributed by atoms with Crippen molar-refractivity contribution in [3.05, 3.63) is 70.7 Å². The SMILES string of the molecule is CCOC(=O)[C@]1(Cc2ccccc2)N[C@H](c2ccc(Cl)cc2)[C@H]2C(=O)N(CC)C(=O)[C@@H]21. The summed E-state index contributed by atoms with van der Waals surface area (Å²) in [5, 5.41) is 3.97. The number of nitrogens with one attached hydrogen (secondary N) is 1. The van der Waals surface area contributed by atoms with Crippen LogP contribution in [0.15, 0.2) is 54.6 Å². The fourth-order valence-electron chi connectivity index (χ4n) is 4.93. The molecule has 2 heterocycles. The van der Waals surface area contributed by atoms with Crippen LogP contribution < -0.4 is 5.32 Å². The van der Waals surface area contributed by atoms with Crippen LogP contribution in [0.25, 0.3) is 0 Å². The van der Waals surface area contributed by atoms with Gasteiger partial charge in [-0.1, -0.05) is 54.1 Å². The van der Waals surface area contributed by atoms with Crippen LogP contribution in [0.4, 0.5) is 0 Å². The smallest absolute Gasteiger partial charge is 0.327 e. The van der Waals surface area contributed by atoms with Gasteiger partial charge in [0.1, 0.15) is 5.54 Å². The summed E-state index contributed by atoms with van der Waals surface area (Å²) >= 11 is 6.06. The number of halogens is 1. The molecule has 0 bridgehead atoms. The molecule has 1 N–H and O–H groups in total. The highest BCUT2D eigenvalue weighted by molar-refractivity contribution is 6.30. The molecule has 0 aromatic heterocycles. The number of fused-ring (bicyclic) bond motifs is 1. The van der Waals surface area contributed by atoms with Crippen LogP contribution in [-0.4, -0.2) is 41.4 Å². The van der Waals surface area contributed by atoms with Gasteiger partial charge in [-0.15, -0.1) is 0 Å². The number of esters is 1. The molecular formula is C24H25ClN2O4. The van der Waals surface area contributed by atoms with E-state index in [2.05, 4.69) is 5.32 Å². The normalized spacial score (nSPS) is 27.5. The summed E-state index contributed by atoms with van der Waals surface area (Å²) in [7, 11) is 0. The van der Waals surface area contributed by atoms with E-state index in [0.29, 0.717) is 5.02 Å². The number of ether oxygens (including phenoxy) is 1. The third kappa shape index (κ3) is 3.54. The first-order valence-corrected chi connectivity index (χ1v) is 10.9. The Labute approximate surface area is 186 Å². The van der Waals surface area contributed by atoms with Crippen molar-refractivity contribution in [1.82, 2.24) is 10.2 Å². The molecule has 2 aromatic rings. The lowest BCUT2D eigenvalue weighted by Gasteiger charge is -2.33. The molecule has 0 radical (unpaired) electrons. The topological polar surface area (TPSA) is 75.7 Å². The Balaban J connectivity index is 1.86. The van der Waals surface area contributed by atoms with Gasteiger partial charge in [-0.2, -0.15) is 0 Å². The van der Waals surface area contributed by atoms with Crippen molar-refractivity contribution in [1.29, 1.82) is 0 Å². The third-order valence-electron chi connectivity index (χ3n) is 6.26. The lowest BCUT2D eigenvalue weighted by molar-refractivity contribution is -0.156. The Morgan fingerprint density at radius 1 is 1.06 bits per heavy atom. The molecule has 6 nitrogen and oxygen atoms in total. The van der Waals surface area contributed by atoms with Crippen LogP contribution in [0.3, 0.4) is 0 Å². The first-order valence-electron chi connectivity index (χ1n) is 10.5. The number of benzene rings is 2. The Morgan fingerprint density at radius 2 is 1.74 bits per heavy atom. The van der Waals surface area contributed by atoms with Crippen LogP contribution >= 0.6 is 11.6 Å². The molecule has 2 aliphatic heterocycles. The number of carbonyl (C=O) groups is 3. The summed E-state index contributed by atoms with van der Waals surface area (Å²) in [5.41, 5.74) is 0.342. The van der Waals surface area contributed by atoms with Gasteiger partial charge in [-0.25, -0.2) is 0 Å². The second kappa shape index (κ2) is 8.44. The highest BCUT2D eigenvalue weighted by atomic mass is 35.5. The van der Waals surface area contributed by atoms with E-state index in [-0.39, 0.29) is 31.4 Å². The second-order valence-electron chi connectivity index (χ2n) is 7.95. The summed E-state index contributed by atoms with van der Waals surface area (Å²) < 4.78 is 5.46. The maximum atomic E-state index is 13.4. The molecule has 31 heavy (non-hydrogen) atoms. The van der Waals surface area contributed by atoms with Crippen LogP contribution in [0, 0.1) is 11.8 Å². The number of likely N-dealkylation sites (tertiary alicyclic amines) is 1. The van der Waals surface area contributed by atoms with E-state index < -0.39 is 29.4 Å². The van der Waals surface area contributed by atoms with Crippen LogP contribution in [-0.2, 0) is 25.5 Å². The zero-order valence-corrected chi connectivity index (χ0v) is 18.3. The second-order valence-corrected chi connectivity index (χ2v) is 8.39. The Bertz CT molecular complexity index is 994. The maximum absolute atomic E-state index is 13.4. The van der Waals surface area contributed by atoms with Crippen molar-refractivity contribution >= 4 is 29.4 Å². The van der Waals surface area contributed by atoms with Gasteiger partial charge in [0.05, 0.1) is 18.4 Å². The molecule has 4 atom stereocenters. The Morgan fingerprint density at radius 3 is 2.35 bits per heavy atom. The Hall–Kier alpha value is -2.70. The summed E-state index contributed by atoms with van der Waals surface area (Å²) in [6, 6.07) is 16.1. The molecule has 162 valence electrons. The standard InChI is InChI=1S/C24H25ClN2O4/c1-3-27-21(28)18-19(22(27)29)24(23(30)31-4-2,14-15-8-6-5-7-9-15)26-20(18)16-10-12-17(25)13-11-16/h5-13,18-20,26H,3-4,14H2,1-2H3/t18-,19+,20+,24+/m0/s1. The average Bonchev–Trinajstić information content (AvgIpc) is 3.24. The molecule has 0 spiro atoms. The number of hydrogen-bond donors (Lipinski definition) is 1. The summed E-state index contributed by atoms with van der Waals surface area (Å²) in [6.45, 7) is 3.95. The molecule has 2 amide bonds. The van der Waals surface area contributed by atoms with E-state index in [1.54, 1.807) is 26.0 Å². The van der Waals surface area contributed by atoms with Crippen LogP contribution in [0.2, 0.25) is 5.02 Å². The maximum Gasteiger partial charge on any atom is 0.327 e. The highest BCUT2D eigenvalue weighted by Gasteiger charge is 2.68. The van der Waals surface area contributed by atoms with Gasteiger partial charge in [0, 0.05) is 24.0 Å². The minimum Gasteiger partial charge on any atom is -0.465 e. The number of amides is 2. The van der Waals surface area contributed by atoms with Gasteiger partial charge in [-0.05, 0) is 37.1 Å². The van der Waals surface area contributed by atoms with E-state index in [1.807, 2.05) is 42.5 Å². The van der Waals surface area contributed by atoms with Crippen LogP contribution in [0.1, 0.15) is 31.0 Å². The molecule has 2 fully saturated rings. The number of carbonyl (C=O) groups excluding carboxylic acids is 3. The molecule has 0 aliphatic carbocycles. The zero-order chi connectivity index (χ0) is 22.2. The zero-order valence-electron chi connectivity index (χ0n) is 17.5. The van der Waals surface area contributed by atoms with Crippen LogP contribution in [0.5, 0.6) is 0 Å². The van der Waals surface area contributed by atoms with Crippen molar-refractivity contribution in [2.24, 2.45) is 11.8 Å². The fraction of sp³-hybridized carbons (Fsp3) is 0.375. The van der Waals surface area contributed by atoms with E-state index in [0.717, 1.165) is 11.1 Å². The third-order valence-corrected chi connectivity index (χ3v) is 6.51. The molecule has 2 saturated heterocycles. The van der Waals surface area contributed by atoms with Gasteiger partial charge in [0.15, 0.2) is 0 Å². The minimum absolute atomic E-state index is 0.180. The van der Waals surface area contributed by atoms with Gasteiger partial charge < -0.3 is 4.74 Å². The molecule has 2 aliphatic rings. The average molecular weight is 441 g/mol. The van der Waals surface area contributed by atoms with E-state index >= 15 is 0 Å². The summed E-state index contributed by atoms with van der Waals surface area (Å²) in [4.78, 5) is 41.4. The van der Waals surface area contributed by atoms with Gasteiger partial charge in [0.25, 0.3) is 0 Å². The van der Waals surface area contributed by atoms with Crippen molar-refractivity contribution in [3.8, 4) is 0 Å². The first-order chi connectivity index (χ1) is 14.9. The molecular weight excluding hydrogens is 416 g/mol. The van der Waals surface area contributed by atoms with Crippen molar-refractivity contribution in [3.63, 3.8) is 0 Å². The summed E-state index contributed by atoms with van der Waals surface area (Å²) in [6.07, 6.45) is 0.245. The van der Waals surface area contributed by atoms with Gasteiger partial charge in [-0.3, -0.25) is 24.6 Å². The highest BCUT2D eigenvalue weighted by Crippen LogP contribution is 2.50. The van der Waals surface area contributed by atoms with E-state index in [1.165, 1.54) is 4.90 Å². The minimum atomic E-state index is -1.34. The molecule has 7 heteroatoms. The van der Waals surface area contributed by atoms with Crippen molar-refractivity contribution < 1.29 is 19.1 Å². The number of hydrogen-bond acceptors (Lipinski definition) is 5. The van der Waals surface area contributed by atoms with Crippen molar-refractivity contribution in [2.75, 3.05) is 13.2 Å². The molecule has 0 unspecified atom stereocenters. The molecule has 0 saturated carbocycles. The lowest BCUT2D eigenvalue weighted by Crippen LogP contribution is -2.58. The van der Waals surface area contributed by atoms with Gasteiger partial charge in [0.2, 0.25) is 11.8 Å². The van der Waals surface area contributed by atoms with E-state index in [4.69, 9.17) is 16.3 Å². The number of imide groups is 1. The largest absolute Gasteiger partial charge is 0.465 e. The Kier molecular flexibility index (Phi) is 5.86. The summed E-state index contributed by atoms with van der Waals surface area (Å²) in [5.74, 6) is -2.64.